The van der Waals surface area contributed by atoms with Crippen LogP contribution in [0.2, 0.25) is 0 Å². The van der Waals surface area contributed by atoms with Crippen LogP contribution in [0.4, 0.5) is 0 Å². The molecule has 4 aliphatic carbocycles. The number of carbonyl (C=O) groups excluding carboxylic acids is 2. The molecule has 1 heterocycles. The van der Waals surface area contributed by atoms with Gasteiger partial charge in [-0.25, -0.2) is 0 Å². The Morgan fingerprint density at radius 2 is 1.68 bits per heavy atom. The Labute approximate surface area is 146 Å². The molecule has 2 amide bonds. The largest absolute Gasteiger partial charge is 0.494 e. The summed E-state index contributed by atoms with van der Waals surface area (Å²) >= 11 is 0. The number of rotatable bonds is 4. The lowest BCUT2D eigenvalue weighted by atomic mass is 9.63. The first-order valence-electron chi connectivity index (χ1n) is 9.02. The van der Waals surface area contributed by atoms with Gasteiger partial charge in [0.15, 0.2) is 0 Å². The van der Waals surface area contributed by atoms with E-state index in [0.29, 0.717) is 18.4 Å². The Kier molecular flexibility index (Phi) is 3.14. The molecule has 1 aromatic rings. The van der Waals surface area contributed by atoms with Crippen molar-refractivity contribution in [3.8, 4) is 5.75 Å². The molecule has 2 saturated carbocycles. The lowest BCUT2D eigenvalue weighted by molar-refractivity contribution is -0.140. The van der Waals surface area contributed by atoms with E-state index in [1.54, 1.807) is 6.21 Å². The molecular formula is C20H20N2O3. The molecule has 1 aromatic carbocycles. The fourth-order valence-corrected chi connectivity index (χ4v) is 5.00. The summed E-state index contributed by atoms with van der Waals surface area (Å²) < 4.78 is 5.41. The molecule has 5 aliphatic rings. The lowest BCUT2D eigenvalue weighted by Crippen LogP contribution is -2.40. The summed E-state index contributed by atoms with van der Waals surface area (Å²) in [6, 6.07) is 7.45. The molecule has 0 N–H and O–H groups in total. The van der Waals surface area contributed by atoms with Gasteiger partial charge in [0.1, 0.15) is 5.75 Å². The van der Waals surface area contributed by atoms with Crippen molar-refractivity contribution in [2.45, 2.75) is 13.3 Å². The van der Waals surface area contributed by atoms with Crippen LogP contribution < -0.4 is 4.74 Å². The highest BCUT2D eigenvalue weighted by atomic mass is 16.5. The molecule has 1 aliphatic heterocycles. The fraction of sp³-hybridized carbons (Fsp3) is 0.450. The van der Waals surface area contributed by atoms with Crippen molar-refractivity contribution in [2.75, 3.05) is 6.61 Å². The zero-order chi connectivity index (χ0) is 17.1. The van der Waals surface area contributed by atoms with Gasteiger partial charge in [-0.15, -0.1) is 0 Å². The molecule has 0 spiro atoms. The minimum absolute atomic E-state index is 0.123. The molecule has 128 valence electrons. The van der Waals surface area contributed by atoms with E-state index in [2.05, 4.69) is 17.3 Å². The van der Waals surface area contributed by atoms with Gasteiger partial charge in [0, 0.05) is 0 Å². The predicted octanol–water partition coefficient (Wildman–Crippen LogP) is 2.47. The van der Waals surface area contributed by atoms with Gasteiger partial charge in [-0.3, -0.25) is 9.59 Å². The van der Waals surface area contributed by atoms with Gasteiger partial charge in [-0.2, -0.15) is 10.1 Å². The smallest absolute Gasteiger partial charge is 0.254 e. The Morgan fingerprint density at radius 3 is 2.24 bits per heavy atom. The van der Waals surface area contributed by atoms with E-state index in [1.165, 1.54) is 6.42 Å². The number of ether oxygens (including phenoxy) is 1. The van der Waals surface area contributed by atoms with Crippen LogP contribution in [0.5, 0.6) is 5.75 Å². The van der Waals surface area contributed by atoms with Gasteiger partial charge in [0.2, 0.25) is 0 Å². The number of imide groups is 1. The normalized spacial score (nSPS) is 37.6. The van der Waals surface area contributed by atoms with E-state index in [4.69, 9.17) is 4.74 Å². The molecule has 5 nitrogen and oxygen atoms in total. The first kappa shape index (κ1) is 14.9. The number of amides is 2. The van der Waals surface area contributed by atoms with E-state index < -0.39 is 0 Å². The number of hydrazone groups is 1. The number of carbonyl (C=O) groups is 2. The van der Waals surface area contributed by atoms with Crippen LogP contribution in [-0.4, -0.2) is 29.6 Å². The van der Waals surface area contributed by atoms with Crippen molar-refractivity contribution in [1.29, 1.82) is 0 Å². The minimum atomic E-state index is -0.191. The third-order valence-corrected chi connectivity index (χ3v) is 6.15. The van der Waals surface area contributed by atoms with Crippen molar-refractivity contribution in [2.24, 2.45) is 40.6 Å². The standard InChI is InChI=1S/C20H20N2O3/c1-2-25-12-5-3-11(4-6-12)10-21-22-19(23)17-13-7-8-14(16-9-15(13)16)18(17)20(22)24/h3-8,10,13-18H,2,9H2,1H3/b21-10-/t13-,14-,15-,16-,17-,18+/m0/s1. The van der Waals surface area contributed by atoms with E-state index in [1.807, 2.05) is 31.2 Å². The Bertz CT molecular complexity index is 762. The summed E-state index contributed by atoms with van der Waals surface area (Å²) in [6.45, 7) is 2.55. The van der Waals surface area contributed by atoms with Crippen molar-refractivity contribution >= 4 is 18.0 Å². The van der Waals surface area contributed by atoms with Crippen LogP contribution in [-0.2, 0) is 9.59 Å². The number of allylic oxidation sites excluding steroid dienone is 2. The van der Waals surface area contributed by atoms with Gasteiger partial charge >= 0.3 is 0 Å². The molecular weight excluding hydrogens is 316 g/mol. The molecule has 0 unspecified atom stereocenters. The number of hydrogen-bond donors (Lipinski definition) is 0. The summed E-state index contributed by atoms with van der Waals surface area (Å²) in [6.07, 6.45) is 7.10. The molecule has 25 heavy (non-hydrogen) atoms. The monoisotopic (exact) mass is 336 g/mol. The molecule has 2 bridgehead atoms. The van der Waals surface area contributed by atoms with E-state index in [9.17, 15) is 9.59 Å². The second-order valence-electron chi connectivity index (χ2n) is 7.39. The summed E-state index contributed by atoms with van der Waals surface area (Å²) in [4.78, 5) is 25.6. The van der Waals surface area contributed by atoms with Crippen molar-refractivity contribution in [1.82, 2.24) is 5.01 Å². The van der Waals surface area contributed by atoms with Gasteiger partial charge in [0.25, 0.3) is 11.8 Å². The predicted molar refractivity (Wildman–Crippen MR) is 91.8 cm³/mol. The average Bonchev–Trinajstić information content (AvgIpc) is 3.41. The first-order valence-corrected chi connectivity index (χ1v) is 9.02. The highest BCUT2D eigenvalue weighted by Crippen LogP contribution is 2.65. The average molecular weight is 336 g/mol. The maximum Gasteiger partial charge on any atom is 0.254 e. The molecule has 1 saturated heterocycles. The van der Waals surface area contributed by atoms with E-state index in [0.717, 1.165) is 16.3 Å². The molecule has 5 heteroatoms. The van der Waals surface area contributed by atoms with Crippen molar-refractivity contribution in [3.05, 3.63) is 42.0 Å². The summed E-state index contributed by atoms with van der Waals surface area (Å²) in [5.41, 5.74) is 0.836. The third kappa shape index (κ3) is 2.11. The van der Waals surface area contributed by atoms with Gasteiger partial charge in [0.05, 0.1) is 24.7 Å². The SMILES string of the molecule is CCOc1ccc(/C=N\N2C(=O)[C@@H]3[C@H]4C=C[C@@H]([C@@H]5C[C@@H]45)[C@@H]3C2=O)cc1. The minimum Gasteiger partial charge on any atom is -0.494 e. The fourth-order valence-electron chi connectivity index (χ4n) is 5.00. The highest BCUT2D eigenvalue weighted by molar-refractivity contribution is 6.06. The molecule has 0 radical (unpaired) electrons. The Balaban J connectivity index is 1.37. The first-order chi connectivity index (χ1) is 12.2. The number of benzene rings is 1. The summed E-state index contributed by atoms with van der Waals surface area (Å²) in [7, 11) is 0. The number of hydrogen-bond acceptors (Lipinski definition) is 4. The molecule has 3 fully saturated rings. The molecule has 0 aromatic heterocycles. The summed E-state index contributed by atoms with van der Waals surface area (Å²) in [5, 5.41) is 5.35. The van der Waals surface area contributed by atoms with E-state index in [-0.39, 0.29) is 35.5 Å². The van der Waals surface area contributed by atoms with Crippen molar-refractivity contribution < 1.29 is 14.3 Å². The third-order valence-electron chi connectivity index (χ3n) is 6.15. The zero-order valence-electron chi connectivity index (χ0n) is 14.0. The van der Waals surface area contributed by atoms with Crippen LogP contribution in [0.25, 0.3) is 0 Å². The Hall–Kier alpha value is -2.43. The highest BCUT2D eigenvalue weighted by Gasteiger charge is 2.67. The topological polar surface area (TPSA) is 59.0 Å². The maximum atomic E-state index is 12.8. The van der Waals surface area contributed by atoms with Crippen molar-refractivity contribution in [3.63, 3.8) is 0 Å². The van der Waals surface area contributed by atoms with Crippen LogP contribution >= 0.6 is 0 Å². The van der Waals surface area contributed by atoms with Gasteiger partial charge in [-0.1, -0.05) is 12.2 Å². The molecule has 6 rings (SSSR count). The van der Waals surface area contributed by atoms with Gasteiger partial charge in [-0.05, 0) is 66.8 Å². The van der Waals surface area contributed by atoms with E-state index >= 15 is 0 Å². The van der Waals surface area contributed by atoms with Crippen LogP contribution in [0.1, 0.15) is 18.9 Å². The zero-order valence-corrected chi connectivity index (χ0v) is 14.0. The lowest BCUT2D eigenvalue weighted by Gasteiger charge is -2.37. The van der Waals surface area contributed by atoms with Crippen LogP contribution in [0.15, 0.2) is 41.5 Å². The van der Waals surface area contributed by atoms with Gasteiger partial charge < -0.3 is 4.74 Å². The van der Waals surface area contributed by atoms with Crippen LogP contribution in [0.3, 0.4) is 0 Å². The summed E-state index contributed by atoms with van der Waals surface area (Å²) in [5.74, 6) is 1.87. The number of nitrogens with zero attached hydrogens (tertiary/aromatic N) is 2. The second-order valence-corrected chi connectivity index (χ2v) is 7.39. The Morgan fingerprint density at radius 1 is 1.08 bits per heavy atom. The quantitative estimate of drug-likeness (QED) is 0.482. The maximum absolute atomic E-state index is 12.8. The molecule has 6 atom stereocenters. The second kappa shape index (κ2) is 5.28. The van der Waals surface area contributed by atoms with Crippen LogP contribution in [0, 0.1) is 35.5 Å².